The molecule has 1 aromatic carbocycles. The van der Waals surface area contributed by atoms with Crippen molar-refractivity contribution >= 4 is 42.8 Å². The van der Waals surface area contributed by atoms with E-state index in [0.717, 1.165) is 0 Å². The molecule has 4 rings (SSSR count). The minimum Gasteiger partial charge on any atom is -0.307 e. The number of carbonyl (C=O) groups excluding carboxylic acids is 1. The topological polar surface area (TPSA) is 95.1 Å². The van der Waals surface area contributed by atoms with Gasteiger partial charge in [-0.2, -0.15) is 4.31 Å². The third kappa shape index (κ3) is 5.01. The number of sulfone groups is 1. The first-order valence-electron chi connectivity index (χ1n) is 10.1. The van der Waals surface area contributed by atoms with Crippen LogP contribution in [-0.4, -0.2) is 82.2 Å². The number of thiophene rings is 1. The molecular weight excluding hydrogens is 458 g/mol. The van der Waals surface area contributed by atoms with Crippen LogP contribution in [-0.2, 0) is 24.7 Å². The molecule has 2 aliphatic heterocycles. The number of amides is 1. The molecule has 8 nitrogen and oxygen atoms in total. The van der Waals surface area contributed by atoms with Crippen LogP contribution in [0, 0.1) is 0 Å². The second-order valence-corrected chi connectivity index (χ2v) is 13.1. The van der Waals surface area contributed by atoms with Crippen molar-refractivity contribution < 1.29 is 21.6 Å². The molecule has 31 heavy (non-hydrogen) atoms. The highest BCUT2D eigenvalue weighted by molar-refractivity contribution is 7.91. The molecule has 1 atom stereocenters. The third-order valence-corrected chi connectivity index (χ3v) is 10.7. The molecule has 0 spiro atoms. The largest absolute Gasteiger partial charge is 0.307 e. The van der Waals surface area contributed by atoms with Crippen LogP contribution in [0.5, 0.6) is 0 Å². The van der Waals surface area contributed by atoms with Gasteiger partial charge in [0.25, 0.3) is 10.0 Å². The molecule has 168 valence electrons. The zero-order chi connectivity index (χ0) is 22.1. The molecule has 0 N–H and O–H groups in total. The Bertz CT molecular complexity index is 1110. The van der Waals surface area contributed by atoms with Crippen molar-refractivity contribution in [3.05, 3.63) is 47.8 Å². The average molecular weight is 484 g/mol. The molecule has 1 amide bonds. The zero-order valence-corrected chi connectivity index (χ0v) is 19.4. The van der Waals surface area contributed by atoms with Crippen LogP contribution in [0.3, 0.4) is 0 Å². The van der Waals surface area contributed by atoms with E-state index in [2.05, 4.69) is 0 Å². The van der Waals surface area contributed by atoms with Gasteiger partial charge < -0.3 is 4.90 Å². The summed E-state index contributed by atoms with van der Waals surface area (Å²) in [5, 5.41) is 1.74. The van der Waals surface area contributed by atoms with Crippen molar-refractivity contribution in [1.82, 2.24) is 9.21 Å². The number of anilines is 1. The van der Waals surface area contributed by atoms with Crippen LogP contribution < -0.4 is 4.90 Å². The summed E-state index contributed by atoms with van der Waals surface area (Å²) in [4.78, 5) is 16.8. The van der Waals surface area contributed by atoms with E-state index in [1.54, 1.807) is 22.4 Å². The molecule has 2 aliphatic rings. The van der Waals surface area contributed by atoms with Crippen LogP contribution in [0.15, 0.2) is 52.1 Å². The van der Waals surface area contributed by atoms with Crippen LogP contribution in [0.4, 0.5) is 5.69 Å². The van der Waals surface area contributed by atoms with E-state index in [9.17, 15) is 21.6 Å². The van der Waals surface area contributed by atoms with Gasteiger partial charge in [0.05, 0.1) is 24.1 Å². The Balaban J connectivity index is 1.43. The van der Waals surface area contributed by atoms with E-state index in [4.69, 9.17) is 0 Å². The normalized spacial score (nSPS) is 22.4. The number of benzene rings is 1. The quantitative estimate of drug-likeness (QED) is 0.614. The van der Waals surface area contributed by atoms with Crippen LogP contribution in [0.1, 0.15) is 6.42 Å². The fraction of sp³-hybridized carbons (Fsp3) is 0.450. The minimum atomic E-state index is -3.49. The summed E-state index contributed by atoms with van der Waals surface area (Å²) < 4.78 is 51.2. The summed E-state index contributed by atoms with van der Waals surface area (Å²) in [5.41, 5.74) is 0.688. The SMILES string of the molecule is O=C(CN1CCN(S(=O)(=O)c2cccs2)CC1)N(c1ccccc1)[C@H]1CCS(=O)(=O)C1. The van der Waals surface area contributed by atoms with Crippen molar-refractivity contribution in [2.24, 2.45) is 0 Å². The number of nitrogens with zero attached hydrogens (tertiary/aromatic N) is 3. The number of para-hydroxylation sites is 1. The minimum absolute atomic E-state index is 0.0273. The summed E-state index contributed by atoms with van der Waals surface area (Å²) in [6, 6.07) is 12.1. The van der Waals surface area contributed by atoms with Gasteiger partial charge in [0.1, 0.15) is 4.21 Å². The van der Waals surface area contributed by atoms with Gasteiger partial charge in [-0.3, -0.25) is 9.69 Å². The number of hydrogen-bond acceptors (Lipinski definition) is 7. The maximum atomic E-state index is 13.2. The van der Waals surface area contributed by atoms with Gasteiger partial charge in [-0.05, 0) is 30.0 Å². The molecule has 2 aromatic rings. The molecule has 2 fully saturated rings. The molecule has 0 radical (unpaired) electrons. The lowest BCUT2D eigenvalue weighted by Crippen LogP contribution is -2.53. The van der Waals surface area contributed by atoms with Gasteiger partial charge in [-0.15, -0.1) is 11.3 Å². The molecule has 0 aliphatic carbocycles. The standard InChI is InChI=1S/C20H25N3O5S3/c24-19(23(17-5-2-1-3-6-17)18-8-14-30(25,26)16-18)15-21-9-11-22(12-10-21)31(27,28)20-7-4-13-29-20/h1-7,13,18H,8-12,14-16H2/t18-/m0/s1. The molecule has 11 heteroatoms. The van der Waals surface area contributed by atoms with Crippen molar-refractivity contribution in [2.45, 2.75) is 16.7 Å². The van der Waals surface area contributed by atoms with Gasteiger partial charge in [0, 0.05) is 31.9 Å². The predicted molar refractivity (Wildman–Crippen MR) is 121 cm³/mol. The fourth-order valence-corrected chi connectivity index (χ4v) is 8.33. The van der Waals surface area contributed by atoms with E-state index in [0.29, 0.717) is 42.5 Å². The first kappa shape index (κ1) is 22.4. The number of hydrogen-bond donors (Lipinski definition) is 0. The highest BCUT2D eigenvalue weighted by Gasteiger charge is 2.36. The molecular formula is C20H25N3O5S3. The van der Waals surface area contributed by atoms with E-state index < -0.39 is 19.9 Å². The summed E-state index contributed by atoms with van der Waals surface area (Å²) >= 11 is 1.20. The lowest BCUT2D eigenvalue weighted by atomic mass is 10.1. The first-order valence-corrected chi connectivity index (χ1v) is 14.2. The Labute approximate surface area is 187 Å². The summed E-state index contributed by atoms with van der Waals surface area (Å²) in [7, 11) is -6.63. The summed E-state index contributed by atoms with van der Waals surface area (Å²) in [5.74, 6) is -0.101. The molecule has 0 unspecified atom stereocenters. The van der Waals surface area contributed by atoms with Gasteiger partial charge in [-0.25, -0.2) is 16.8 Å². The molecule has 0 saturated carbocycles. The summed E-state index contributed by atoms with van der Waals surface area (Å²) in [6.45, 7) is 1.65. The lowest BCUT2D eigenvalue weighted by Gasteiger charge is -2.35. The number of carbonyl (C=O) groups is 1. The molecule has 3 heterocycles. The molecule has 2 saturated heterocycles. The maximum absolute atomic E-state index is 13.2. The second kappa shape index (κ2) is 8.99. The Hall–Kier alpha value is -1.79. The van der Waals surface area contributed by atoms with Gasteiger partial charge in [-0.1, -0.05) is 24.3 Å². The lowest BCUT2D eigenvalue weighted by molar-refractivity contribution is -0.120. The van der Waals surface area contributed by atoms with Crippen molar-refractivity contribution in [1.29, 1.82) is 0 Å². The van der Waals surface area contributed by atoms with Crippen LogP contribution in [0.2, 0.25) is 0 Å². The van der Waals surface area contributed by atoms with Crippen molar-refractivity contribution in [3.63, 3.8) is 0 Å². The zero-order valence-electron chi connectivity index (χ0n) is 17.0. The molecule has 1 aromatic heterocycles. The summed E-state index contributed by atoms with van der Waals surface area (Å²) in [6.07, 6.45) is 0.426. The Morgan fingerprint density at radius 3 is 2.35 bits per heavy atom. The molecule has 0 bridgehead atoms. The Morgan fingerprint density at radius 1 is 1.06 bits per heavy atom. The highest BCUT2D eigenvalue weighted by Crippen LogP contribution is 2.26. The van der Waals surface area contributed by atoms with E-state index in [-0.39, 0.29) is 30.0 Å². The fourth-order valence-electron chi connectivity index (χ4n) is 4.06. The van der Waals surface area contributed by atoms with Crippen LogP contribution in [0.25, 0.3) is 0 Å². The van der Waals surface area contributed by atoms with Gasteiger partial charge >= 0.3 is 0 Å². The average Bonchev–Trinajstić information content (AvgIpc) is 3.40. The smallest absolute Gasteiger partial charge is 0.252 e. The number of rotatable bonds is 6. The monoisotopic (exact) mass is 483 g/mol. The van der Waals surface area contributed by atoms with E-state index >= 15 is 0 Å². The van der Waals surface area contributed by atoms with Crippen LogP contribution >= 0.6 is 11.3 Å². The Kier molecular flexibility index (Phi) is 6.50. The van der Waals surface area contributed by atoms with Gasteiger partial charge in [0.2, 0.25) is 5.91 Å². The Morgan fingerprint density at radius 2 is 1.77 bits per heavy atom. The highest BCUT2D eigenvalue weighted by atomic mass is 32.2. The maximum Gasteiger partial charge on any atom is 0.252 e. The van der Waals surface area contributed by atoms with E-state index in [1.807, 2.05) is 35.2 Å². The predicted octanol–water partition coefficient (Wildman–Crippen LogP) is 1.27. The van der Waals surface area contributed by atoms with E-state index in [1.165, 1.54) is 15.6 Å². The van der Waals surface area contributed by atoms with Crippen molar-refractivity contribution in [3.8, 4) is 0 Å². The first-order chi connectivity index (χ1) is 14.8. The second-order valence-electron chi connectivity index (χ2n) is 7.77. The number of piperazine rings is 1. The third-order valence-electron chi connectivity index (χ3n) is 5.66. The number of sulfonamides is 1. The van der Waals surface area contributed by atoms with Crippen molar-refractivity contribution in [2.75, 3.05) is 49.1 Å². The van der Waals surface area contributed by atoms with Gasteiger partial charge in [0.15, 0.2) is 9.84 Å².